The highest BCUT2D eigenvalue weighted by Crippen LogP contribution is 2.36. The quantitative estimate of drug-likeness (QED) is 0.231. The molecule has 0 spiro atoms. The minimum Gasteiger partial charge on any atom is -0.465 e. The average Bonchev–Trinajstić information content (AvgIpc) is 3.60. The fourth-order valence-corrected chi connectivity index (χ4v) is 5.90. The summed E-state index contributed by atoms with van der Waals surface area (Å²) in [7, 11) is 1.29. The first-order valence-corrected chi connectivity index (χ1v) is 15.7. The Morgan fingerprint density at radius 1 is 0.837 bits per heavy atom. The van der Waals surface area contributed by atoms with E-state index in [0.29, 0.717) is 69.2 Å². The number of alkyl halides is 3. The van der Waals surface area contributed by atoms with Crippen LogP contribution in [0.1, 0.15) is 50.9 Å². The predicted octanol–water partition coefficient (Wildman–Crippen LogP) is 5.87. The van der Waals surface area contributed by atoms with Gasteiger partial charge in [-0.15, -0.1) is 0 Å². The summed E-state index contributed by atoms with van der Waals surface area (Å²) in [6, 6.07) is 18.9. The molecule has 2 N–H and O–H groups in total. The highest BCUT2D eigenvalue weighted by atomic mass is 19.4. The van der Waals surface area contributed by atoms with Crippen LogP contribution in [0.2, 0.25) is 0 Å². The molecule has 49 heavy (non-hydrogen) atoms. The van der Waals surface area contributed by atoms with Gasteiger partial charge in [0.2, 0.25) is 5.76 Å². The van der Waals surface area contributed by atoms with Crippen LogP contribution in [0.4, 0.5) is 41.2 Å². The molecule has 0 saturated carbocycles. The van der Waals surface area contributed by atoms with Gasteiger partial charge in [0.1, 0.15) is 5.82 Å². The highest BCUT2D eigenvalue weighted by Gasteiger charge is 2.42. The van der Waals surface area contributed by atoms with Crippen LogP contribution >= 0.6 is 0 Å². The fraction of sp³-hybridized carbons (Fsp3) is 0.324. The molecule has 12 nitrogen and oxygen atoms in total. The maximum Gasteiger partial charge on any atom is 0.437 e. The Kier molecular flexibility index (Phi) is 9.69. The molecule has 3 amide bonds. The molecule has 0 radical (unpaired) electrons. The zero-order valence-electron chi connectivity index (χ0n) is 26.6. The van der Waals surface area contributed by atoms with E-state index in [-0.39, 0.29) is 23.7 Å². The number of hydrogen-bond acceptors (Lipinski definition) is 9. The van der Waals surface area contributed by atoms with Gasteiger partial charge in [-0.05, 0) is 60.7 Å². The van der Waals surface area contributed by atoms with Crippen LogP contribution in [0.15, 0.2) is 77.3 Å². The van der Waals surface area contributed by atoms with Crippen LogP contribution in [0.3, 0.4) is 0 Å². The lowest BCUT2D eigenvalue weighted by Gasteiger charge is -2.35. The first-order valence-electron chi connectivity index (χ1n) is 15.7. The predicted molar refractivity (Wildman–Crippen MR) is 175 cm³/mol. The number of hydrogen-bond donors (Lipinski definition) is 2. The molecule has 4 heterocycles. The molecule has 256 valence electrons. The van der Waals surface area contributed by atoms with Gasteiger partial charge >= 0.3 is 18.2 Å². The van der Waals surface area contributed by atoms with Crippen molar-refractivity contribution in [3.05, 3.63) is 95.5 Å². The zero-order valence-corrected chi connectivity index (χ0v) is 26.6. The van der Waals surface area contributed by atoms with Gasteiger partial charge in [-0.25, -0.2) is 14.6 Å². The summed E-state index contributed by atoms with van der Waals surface area (Å²) >= 11 is 0. The smallest absolute Gasteiger partial charge is 0.437 e. The van der Waals surface area contributed by atoms with E-state index in [1.54, 1.807) is 40.1 Å². The Bertz CT molecular complexity index is 1770. The lowest BCUT2D eigenvalue weighted by molar-refractivity contribution is -0.141. The minimum atomic E-state index is -4.90. The molecular formula is C34H34F3N7O5. The van der Waals surface area contributed by atoms with Gasteiger partial charge in [-0.3, -0.25) is 4.79 Å². The molecule has 0 bridgehead atoms. The molecule has 2 saturated heterocycles. The van der Waals surface area contributed by atoms with Crippen molar-refractivity contribution in [2.45, 2.75) is 24.9 Å². The number of carbonyl (C=O) groups excluding carboxylic acids is 3. The van der Waals surface area contributed by atoms with Crippen molar-refractivity contribution >= 4 is 41.1 Å². The SMILES string of the molecule is COC(=O)c1ccc(NC(=O)N2CCN(c3ccc(NC(=O)c4oc(N5CCC(c6ccccc6)CC5)nc4C(F)(F)F)cn3)CC2)cc1. The molecule has 6 rings (SSSR count). The number of amides is 3. The number of halogens is 3. The zero-order chi connectivity index (χ0) is 34.5. The Hall–Kier alpha value is -5.60. The number of nitrogens with one attached hydrogen (secondary N) is 2. The number of nitrogens with zero attached hydrogens (tertiary/aromatic N) is 5. The first kappa shape index (κ1) is 33.3. The summed E-state index contributed by atoms with van der Waals surface area (Å²) in [5.74, 6) is -1.61. The molecule has 2 fully saturated rings. The van der Waals surface area contributed by atoms with Gasteiger partial charge in [0.15, 0.2) is 5.69 Å². The van der Waals surface area contributed by atoms with E-state index < -0.39 is 29.5 Å². The largest absolute Gasteiger partial charge is 0.465 e. The number of ether oxygens (including phenoxy) is 1. The molecule has 0 aliphatic carbocycles. The number of methoxy groups -OCH3 is 1. The van der Waals surface area contributed by atoms with E-state index >= 15 is 0 Å². The molecule has 2 aliphatic rings. The molecule has 2 aromatic carbocycles. The second-order valence-corrected chi connectivity index (χ2v) is 11.7. The number of piperidine rings is 1. The third kappa shape index (κ3) is 7.77. The Morgan fingerprint density at radius 2 is 1.51 bits per heavy atom. The Balaban J connectivity index is 1.03. The normalized spacial score (nSPS) is 15.6. The van der Waals surface area contributed by atoms with Crippen LogP contribution in [0, 0.1) is 0 Å². The van der Waals surface area contributed by atoms with E-state index in [9.17, 15) is 27.6 Å². The van der Waals surface area contributed by atoms with Crippen LogP contribution in [-0.4, -0.2) is 79.2 Å². The van der Waals surface area contributed by atoms with Crippen molar-refractivity contribution in [2.75, 3.05) is 66.8 Å². The third-order valence-corrected chi connectivity index (χ3v) is 8.58. The maximum atomic E-state index is 13.9. The fourth-order valence-electron chi connectivity index (χ4n) is 5.90. The molecule has 2 aromatic heterocycles. The van der Waals surface area contributed by atoms with Crippen molar-refractivity contribution < 1.29 is 36.7 Å². The number of esters is 1. The number of rotatable bonds is 7. The first-order chi connectivity index (χ1) is 23.6. The van der Waals surface area contributed by atoms with Gasteiger partial charge in [-0.1, -0.05) is 30.3 Å². The average molecular weight is 678 g/mol. The summed E-state index contributed by atoms with van der Waals surface area (Å²) in [6.45, 7) is 2.65. The Labute approximate surface area is 279 Å². The van der Waals surface area contributed by atoms with Crippen molar-refractivity contribution in [2.24, 2.45) is 0 Å². The third-order valence-electron chi connectivity index (χ3n) is 8.58. The summed E-state index contributed by atoms with van der Waals surface area (Å²) in [6.07, 6.45) is -2.12. The van der Waals surface area contributed by atoms with Crippen molar-refractivity contribution in [1.82, 2.24) is 14.9 Å². The van der Waals surface area contributed by atoms with Crippen molar-refractivity contribution in [3.8, 4) is 0 Å². The van der Waals surface area contributed by atoms with Crippen LogP contribution in [-0.2, 0) is 10.9 Å². The number of benzene rings is 2. The van der Waals surface area contributed by atoms with Crippen molar-refractivity contribution in [3.63, 3.8) is 0 Å². The van der Waals surface area contributed by atoms with Gasteiger partial charge in [0.05, 0.1) is 24.6 Å². The van der Waals surface area contributed by atoms with Crippen LogP contribution in [0.25, 0.3) is 0 Å². The lowest BCUT2D eigenvalue weighted by atomic mass is 9.90. The minimum absolute atomic E-state index is 0.180. The number of piperazine rings is 1. The van der Waals surface area contributed by atoms with E-state index in [4.69, 9.17) is 4.42 Å². The standard InChI is InChI=1S/C34H34F3N7O5/c1-48-31(46)24-7-9-25(10-8-24)40-32(47)43-19-17-42(18-20-43)27-12-11-26(21-38-27)39-30(45)28-29(34(35,36)37)41-33(49-28)44-15-13-23(14-16-44)22-5-3-2-4-6-22/h2-12,21,23H,13-20H2,1H3,(H,39,45)(H,40,47). The summed E-state index contributed by atoms with van der Waals surface area (Å²) in [4.78, 5) is 50.7. The maximum absolute atomic E-state index is 13.9. The molecule has 0 atom stereocenters. The van der Waals surface area contributed by atoms with Crippen LogP contribution < -0.4 is 20.4 Å². The van der Waals surface area contributed by atoms with E-state index in [1.165, 1.54) is 24.9 Å². The number of urea groups is 1. The molecule has 2 aliphatic heterocycles. The second kappa shape index (κ2) is 14.3. The second-order valence-electron chi connectivity index (χ2n) is 11.7. The number of carbonyl (C=O) groups is 3. The number of anilines is 4. The van der Waals surface area contributed by atoms with Gasteiger partial charge in [0.25, 0.3) is 11.9 Å². The van der Waals surface area contributed by atoms with E-state index in [0.717, 1.165) is 0 Å². The Morgan fingerprint density at radius 3 is 2.12 bits per heavy atom. The summed E-state index contributed by atoms with van der Waals surface area (Å²) in [5.41, 5.74) is 0.884. The van der Waals surface area contributed by atoms with Gasteiger partial charge in [-0.2, -0.15) is 18.2 Å². The van der Waals surface area contributed by atoms with Crippen LogP contribution in [0.5, 0.6) is 0 Å². The molecule has 4 aromatic rings. The molecule has 0 unspecified atom stereocenters. The molecule has 15 heteroatoms. The van der Waals surface area contributed by atoms with Crippen molar-refractivity contribution in [1.29, 1.82) is 0 Å². The van der Waals surface area contributed by atoms with Gasteiger partial charge < -0.3 is 34.5 Å². The summed E-state index contributed by atoms with van der Waals surface area (Å²) < 4.78 is 51.9. The molecular weight excluding hydrogens is 643 g/mol. The highest BCUT2D eigenvalue weighted by molar-refractivity contribution is 6.03. The number of oxazole rings is 1. The number of aromatic nitrogens is 2. The topological polar surface area (TPSA) is 133 Å². The number of pyridine rings is 1. The monoisotopic (exact) mass is 677 g/mol. The van der Waals surface area contributed by atoms with E-state index in [2.05, 4.69) is 25.3 Å². The van der Waals surface area contributed by atoms with Gasteiger partial charge in [0, 0.05) is 45.0 Å². The van der Waals surface area contributed by atoms with E-state index in [1.807, 2.05) is 35.2 Å². The summed E-state index contributed by atoms with van der Waals surface area (Å²) in [5, 5.41) is 5.25. The lowest BCUT2D eigenvalue weighted by Crippen LogP contribution is -2.50.